The lowest BCUT2D eigenvalue weighted by molar-refractivity contribution is -0.137. The molecule has 0 saturated carbocycles. The lowest BCUT2D eigenvalue weighted by atomic mass is 9.95. The van der Waals surface area contributed by atoms with Crippen LogP contribution in [0.1, 0.15) is 56.0 Å². The normalized spacial score (nSPS) is 23.0. The van der Waals surface area contributed by atoms with Gasteiger partial charge in [0.05, 0.1) is 33.9 Å². The number of aromatic nitrogens is 5. The molecule has 0 radical (unpaired) electrons. The van der Waals surface area contributed by atoms with Gasteiger partial charge in [-0.1, -0.05) is 11.6 Å². The van der Waals surface area contributed by atoms with Crippen LogP contribution in [0.4, 0.5) is 39.4 Å². The molecule has 17 heteroatoms. The van der Waals surface area contributed by atoms with E-state index in [9.17, 15) is 17.6 Å². The smallest absolute Gasteiger partial charge is 0.418 e. The molecule has 260 valence electrons. The number of hydrogen-bond acceptors (Lipinski definition) is 11. The highest BCUT2D eigenvalue weighted by atomic mass is 35.5. The van der Waals surface area contributed by atoms with Gasteiger partial charge in [0.25, 0.3) is 0 Å². The average Bonchev–Trinajstić information content (AvgIpc) is 3.50. The minimum Gasteiger partial charge on any atom is -0.475 e. The molecule has 2 saturated heterocycles. The van der Waals surface area contributed by atoms with E-state index in [0.717, 1.165) is 19.4 Å². The van der Waals surface area contributed by atoms with Crippen molar-refractivity contribution in [3.63, 3.8) is 0 Å². The summed E-state index contributed by atoms with van der Waals surface area (Å²) in [5.41, 5.74) is 8.73. The third kappa shape index (κ3) is 5.67. The molecule has 7 heterocycles. The number of aryl methyl sites for hydroxylation is 1. The summed E-state index contributed by atoms with van der Waals surface area (Å²) in [5, 5.41) is 0.343. The number of nitrogens with two attached hydrogens (primary N) is 2. The largest absolute Gasteiger partial charge is 0.475 e. The van der Waals surface area contributed by atoms with Crippen LogP contribution < -0.4 is 25.8 Å². The third-order valence-corrected chi connectivity index (χ3v) is 9.87. The van der Waals surface area contributed by atoms with Gasteiger partial charge in [0.2, 0.25) is 5.88 Å². The first kappa shape index (κ1) is 33.2. The van der Waals surface area contributed by atoms with Crippen LogP contribution in [0.25, 0.3) is 22.2 Å². The number of rotatable bonds is 6. The van der Waals surface area contributed by atoms with Crippen molar-refractivity contribution >= 4 is 40.0 Å². The number of ether oxygens (including phenoxy) is 2. The molecular weight excluding hydrogens is 673 g/mol. The number of fused-ring (bicyclic) bond motifs is 1. The van der Waals surface area contributed by atoms with E-state index in [-0.39, 0.29) is 66.4 Å². The van der Waals surface area contributed by atoms with Gasteiger partial charge in [-0.3, -0.25) is 4.90 Å². The summed E-state index contributed by atoms with van der Waals surface area (Å²) in [5.74, 6) is -1.29. The highest BCUT2D eigenvalue weighted by Gasteiger charge is 2.49. The van der Waals surface area contributed by atoms with Gasteiger partial charge in [0, 0.05) is 30.3 Å². The summed E-state index contributed by atoms with van der Waals surface area (Å²) >= 11 is 6.29. The SMILES string of the molecule is Cc1nc(N)cc(-c2nc3c4c(nc(OC[C@@]56CCCN5CC(F)C6)nc4c2F)N(C(C)c2cc(Cl)cnc2N)[C@@H](C)CO3)c1C(F)(F)F. The Balaban J connectivity index is 1.45. The molecule has 0 amide bonds. The Morgan fingerprint density at radius 2 is 1.96 bits per heavy atom. The predicted molar refractivity (Wildman–Crippen MR) is 173 cm³/mol. The molecule has 3 aliphatic rings. The van der Waals surface area contributed by atoms with Gasteiger partial charge < -0.3 is 25.8 Å². The summed E-state index contributed by atoms with van der Waals surface area (Å²) in [7, 11) is 0. The lowest BCUT2D eigenvalue weighted by Gasteiger charge is -2.35. The van der Waals surface area contributed by atoms with E-state index in [1.54, 1.807) is 11.0 Å². The second-order valence-corrected chi connectivity index (χ2v) is 13.4. The van der Waals surface area contributed by atoms with Crippen molar-refractivity contribution in [1.82, 2.24) is 29.8 Å². The van der Waals surface area contributed by atoms with E-state index < -0.39 is 58.3 Å². The quantitative estimate of drug-likeness (QED) is 0.226. The zero-order valence-electron chi connectivity index (χ0n) is 26.8. The average molecular weight is 706 g/mol. The Morgan fingerprint density at radius 3 is 2.71 bits per heavy atom. The number of pyridine rings is 3. The van der Waals surface area contributed by atoms with Crippen LogP contribution in [0.3, 0.4) is 0 Å². The Morgan fingerprint density at radius 1 is 1.18 bits per heavy atom. The van der Waals surface area contributed by atoms with Crippen LogP contribution >= 0.6 is 11.6 Å². The zero-order chi connectivity index (χ0) is 35.0. The first-order valence-corrected chi connectivity index (χ1v) is 16.1. The van der Waals surface area contributed by atoms with Crippen LogP contribution in [-0.4, -0.2) is 73.9 Å². The van der Waals surface area contributed by atoms with Crippen molar-refractivity contribution in [1.29, 1.82) is 0 Å². The van der Waals surface area contributed by atoms with E-state index in [4.69, 9.17) is 37.5 Å². The Bertz CT molecular complexity index is 1970. The summed E-state index contributed by atoms with van der Waals surface area (Å²) in [4.78, 5) is 25.2. The number of hydrogen-bond donors (Lipinski definition) is 2. The molecule has 49 heavy (non-hydrogen) atoms. The number of nitrogens with zero attached hydrogens (tertiary/aromatic N) is 7. The molecule has 2 unspecified atom stereocenters. The molecule has 4 aromatic rings. The number of halogens is 6. The number of nitrogen functional groups attached to an aromatic ring is 2. The van der Waals surface area contributed by atoms with E-state index in [2.05, 4.69) is 19.9 Å². The summed E-state index contributed by atoms with van der Waals surface area (Å²) in [6.45, 7) is 5.77. The van der Waals surface area contributed by atoms with Crippen molar-refractivity contribution in [2.45, 2.75) is 70.0 Å². The molecule has 4 N–H and O–H groups in total. The molecule has 0 spiro atoms. The molecule has 0 bridgehead atoms. The van der Waals surface area contributed by atoms with Crippen LogP contribution in [-0.2, 0) is 6.18 Å². The molecular formula is C32H33ClF5N9O2. The monoisotopic (exact) mass is 705 g/mol. The fraction of sp³-hybridized carbons (Fsp3) is 0.469. The fourth-order valence-electron chi connectivity index (χ4n) is 7.53. The highest BCUT2D eigenvalue weighted by Crippen LogP contribution is 2.47. The number of alkyl halides is 4. The maximum Gasteiger partial charge on any atom is 0.418 e. The molecule has 2 fully saturated rings. The first-order chi connectivity index (χ1) is 23.2. The minimum absolute atomic E-state index is 0.0102. The van der Waals surface area contributed by atoms with Crippen molar-refractivity contribution in [2.75, 3.05) is 42.7 Å². The van der Waals surface area contributed by atoms with Crippen LogP contribution in [0.15, 0.2) is 18.3 Å². The summed E-state index contributed by atoms with van der Waals surface area (Å²) < 4.78 is 86.8. The van der Waals surface area contributed by atoms with Crippen molar-refractivity contribution < 1.29 is 31.4 Å². The van der Waals surface area contributed by atoms with E-state index in [1.165, 1.54) is 6.20 Å². The Kier molecular flexibility index (Phi) is 8.08. The van der Waals surface area contributed by atoms with Gasteiger partial charge in [-0.25, -0.2) is 23.7 Å². The molecule has 3 aliphatic heterocycles. The third-order valence-electron chi connectivity index (χ3n) is 9.67. The molecule has 4 atom stereocenters. The molecule has 0 aromatic carbocycles. The van der Waals surface area contributed by atoms with Crippen LogP contribution in [0.5, 0.6) is 11.9 Å². The molecule has 0 aliphatic carbocycles. The summed E-state index contributed by atoms with van der Waals surface area (Å²) in [6.07, 6.45) is -2.72. The first-order valence-electron chi connectivity index (χ1n) is 15.8. The second-order valence-electron chi connectivity index (χ2n) is 12.9. The van der Waals surface area contributed by atoms with Crippen molar-refractivity contribution in [3.8, 4) is 23.1 Å². The van der Waals surface area contributed by atoms with E-state index in [0.29, 0.717) is 23.6 Å². The lowest BCUT2D eigenvalue weighted by Crippen LogP contribution is -2.43. The van der Waals surface area contributed by atoms with Crippen LogP contribution in [0, 0.1) is 12.7 Å². The van der Waals surface area contributed by atoms with Gasteiger partial charge in [0.15, 0.2) is 5.82 Å². The second kappa shape index (κ2) is 11.9. The Labute approximate surface area is 282 Å². The highest BCUT2D eigenvalue weighted by molar-refractivity contribution is 6.30. The predicted octanol–water partition coefficient (Wildman–Crippen LogP) is 6.07. The Hall–Kier alpha value is -4.31. The van der Waals surface area contributed by atoms with Gasteiger partial charge in [-0.05, 0) is 52.3 Å². The van der Waals surface area contributed by atoms with Crippen molar-refractivity contribution in [2.24, 2.45) is 0 Å². The molecule has 4 aromatic heterocycles. The maximum absolute atomic E-state index is 16.9. The fourth-order valence-corrected chi connectivity index (χ4v) is 7.70. The van der Waals surface area contributed by atoms with Crippen LogP contribution in [0.2, 0.25) is 5.02 Å². The standard InChI is InChI=1S/C32H33ClF5N9O2/c1-14-12-48-29-22-26(24(35)25(43-29)20-8-21(39)42-15(2)23(20)32(36,37)38)44-30(49-13-31-5-4-6-46(31)11-18(34)9-31)45-28(22)47(14)16(3)19-7-17(33)10-41-27(19)40/h7-8,10,14,16,18H,4-6,9,11-13H2,1-3H3,(H2,39,42)(H2,40,41)/t14-,16?,18?,31-/m0/s1. The van der Waals surface area contributed by atoms with Crippen molar-refractivity contribution in [3.05, 3.63) is 46.0 Å². The molecule has 7 rings (SSSR count). The number of anilines is 3. The van der Waals surface area contributed by atoms with Gasteiger partial charge in [-0.2, -0.15) is 23.1 Å². The topological polar surface area (TPSA) is 141 Å². The van der Waals surface area contributed by atoms with Gasteiger partial charge in [-0.15, -0.1) is 0 Å². The van der Waals surface area contributed by atoms with E-state index >= 15 is 4.39 Å². The summed E-state index contributed by atoms with van der Waals surface area (Å²) in [6, 6.07) is 1.27. The minimum atomic E-state index is -4.92. The zero-order valence-corrected chi connectivity index (χ0v) is 27.5. The molecule has 11 nitrogen and oxygen atoms in total. The van der Waals surface area contributed by atoms with Gasteiger partial charge >= 0.3 is 12.2 Å². The van der Waals surface area contributed by atoms with Gasteiger partial charge in [0.1, 0.15) is 53.4 Å². The maximum atomic E-state index is 16.9. The van der Waals surface area contributed by atoms with E-state index in [1.807, 2.05) is 18.7 Å².